The van der Waals surface area contributed by atoms with Gasteiger partial charge in [-0.1, -0.05) is 79.7 Å². The first-order valence-electron chi connectivity index (χ1n) is 8.24. The zero-order valence-electron chi connectivity index (χ0n) is 13.0. The van der Waals surface area contributed by atoms with Crippen LogP contribution in [0, 0.1) is 11.8 Å². The minimum atomic E-state index is -2.14. The quantitative estimate of drug-likeness (QED) is 0.611. The summed E-state index contributed by atoms with van der Waals surface area (Å²) in [6.45, 7) is 3.21. The highest BCUT2D eigenvalue weighted by molar-refractivity contribution is 6.99. The summed E-state index contributed by atoms with van der Waals surface area (Å²) in [5.41, 5.74) is 0.650. The van der Waals surface area contributed by atoms with Crippen molar-refractivity contribution < 1.29 is 4.43 Å². The predicted molar refractivity (Wildman–Crippen MR) is 94.0 cm³/mol. The number of rotatable bonds is 2. The first-order valence-corrected chi connectivity index (χ1v) is 10.2. The molecule has 0 amide bonds. The van der Waals surface area contributed by atoms with Crippen LogP contribution < -0.4 is 10.4 Å². The first kappa shape index (κ1) is 14.0. The number of hydrogen-bond acceptors (Lipinski definition) is 1. The molecule has 112 valence electrons. The summed E-state index contributed by atoms with van der Waals surface area (Å²) in [5.74, 6) is 1.24. The molecule has 1 aliphatic carbocycles. The second-order valence-corrected chi connectivity index (χ2v) is 10.3. The maximum atomic E-state index is 6.70. The Morgan fingerprint density at radius 1 is 0.864 bits per heavy atom. The fourth-order valence-corrected chi connectivity index (χ4v) is 9.31. The summed E-state index contributed by atoms with van der Waals surface area (Å²) >= 11 is 0. The van der Waals surface area contributed by atoms with Gasteiger partial charge < -0.3 is 4.43 Å². The number of benzene rings is 2. The zero-order chi connectivity index (χ0) is 15.0. The number of fused-ring (bicyclic) bond motifs is 1. The molecule has 2 heteroatoms. The maximum Gasteiger partial charge on any atom is 0.259 e. The highest BCUT2D eigenvalue weighted by atomic mass is 28.4. The first-order chi connectivity index (χ1) is 10.8. The predicted octanol–water partition coefficient (Wildman–Crippen LogP) is 3.36. The Morgan fingerprint density at radius 3 is 2.05 bits per heavy atom. The van der Waals surface area contributed by atoms with Crippen molar-refractivity contribution >= 4 is 18.7 Å². The maximum absolute atomic E-state index is 6.70. The van der Waals surface area contributed by atoms with E-state index in [0.29, 0.717) is 17.4 Å². The van der Waals surface area contributed by atoms with Crippen LogP contribution in [0.15, 0.2) is 72.8 Å². The average Bonchev–Trinajstić information content (AvgIpc) is 2.96. The minimum absolute atomic E-state index is 0.586. The van der Waals surface area contributed by atoms with Crippen LogP contribution in [0.3, 0.4) is 0 Å². The SMILES string of the molecule is C[C@@H]1C=C[C@@H]2CO[Si](c3ccccc3)(c3ccccc3)[C@@H]2C1. The van der Waals surface area contributed by atoms with E-state index in [2.05, 4.69) is 79.7 Å². The van der Waals surface area contributed by atoms with Gasteiger partial charge in [-0.2, -0.15) is 0 Å². The molecule has 1 saturated heterocycles. The van der Waals surface area contributed by atoms with Gasteiger partial charge in [0.15, 0.2) is 0 Å². The molecule has 22 heavy (non-hydrogen) atoms. The van der Waals surface area contributed by atoms with Crippen molar-refractivity contribution in [1.82, 2.24) is 0 Å². The molecule has 3 atom stereocenters. The summed E-state index contributed by atoms with van der Waals surface area (Å²) in [7, 11) is -2.14. The Bertz CT molecular complexity index is 625. The van der Waals surface area contributed by atoms with Crippen molar-refractivity contribution in [2.75, 3.05) is 6.61 Å². The Morgan fingerprint density at radius 2 is 1.45 bits per heavy atom. The fraction of sp³-hybridized carbons (Fsp3) is 0.300. The summed E-state index contributed by atoms with van der Waals surface area (Å²) in [6, 6.07) is 22.0. The molecule has 2 aromatic carbocycles. The monoisotopic (exact) mass is 306 g/mol. The fourth-order valence-electron chi connectivity index (χ4n) is 4.23. The van der Waals surface area contributed by atoms with E-state index in [0.717, 1.165) is 6.61 Å². The minimum Gasteiger partial charge on any atom is -0.407 e. The van der Waals surface area contributed by atoms with Gasteiger partial charge in [0.25, 0.3) is 8.32 Å². The van der Waals surface area contributed by atoms with E-state index in [1.165, 1.54) is 16.8 Å². The van der Waals surface area contributed by atoms with Gasteiger partial charge in [0.1, 0.15) is 0 Å². The lowest BCUT2D eigenvalue weighted by Gasteiger charge is -2.36. The number of allylic oxidation sites excluding steroid dienone is 1. The lowest BCUT2D eigenvalue weighted by molar-refractivity contribution is 0.325. The molecule has 0 spiro atoms. The van der Waals surface area contributed by atoms with Crippen LogP contribution in [0.25, 0.3) is 0 Å². The van der Waals surface area contributed by atoms with Crippen molar-refractivity contribution in [1.29, 1.82) is 0 Å². The van der Waals surface area contributed by atoms with Crippen molar-refractivity contribution in [3.8, 4) is 0 Å². The van der Waals surface area contributed by atoms with E-state index < -0.39 is 8.32 Å². The van der Waals surface area contributed by atoms with E-state index in [4.69, 9.17) is 4.43 Å². The summed E-state index contributed by atoms with van der Waals surface area (Å²) in [4.78, 5) is 0. The van der Waals surface area contributed by atoms with Crippen molar-refractivity contribution in [3.05, 3.63) is 72.8 Å². The van der Waals surface area contributed by atoms with Crippen LogP contribution in [-0.4, -0.2) is 14.9 Å². The molecule has 0 radical (unpaired) electrons. The lowest BCUT2D eigenvalue weighted by Crippen LogP contribution is -2.61. The molecular formula is C20H22OSi. The van der Waals surface area contributed by atoms with Crippen LogP contribution in [0.4, 0.5) is 0 Å². The molecule has 1 heterocycles. The Hall–Kier alpha value is -1.64. The molecular weight excluding hydrogens is 284 g/mol. The standard InChI is InChI=1S/C20H22OSi/c1-16-12-13-17-15-21-22(20(17)14-16,18-8-4-2-5-9-18)19-10-6-3-7-11-19/h2-13,16-17,20H,14-15H2,1H3/t16-,17-,20-/m1/s1. The van der Waals surface area contributed by atoms with Gasteiger partial charge in [0.2, 0.25) is 0 Å². The summed E-state index contributed by atoms with van der Waals surface area (Å²) in [6.07, 6.45) is 6.04. The van der Waals surface area contributed by atoms with Crippen molar-refractivity contribution in [3.63, 3.8) is 0 Å². The van der Waals surface area contributed by atoms with Gasteiger partial charge in [-0.25, -0.2) is 0 Å². The van der Waals surface area contributed by atoms with E-state index >= 15 is 0 Å². The highest BCUT2D eigenvalue weighted by Crippen LogP contribution is 2.45. The average molecular weight is 306 g/mol. The van der Waals surface area contributed by atoms with E-state index in [1.807, 2.05) is 0 Å². The van der Waals surface area contributed by atoms with Gasteiger partial charge in [-0.05, 0) is 28.3 Å². The third-order valence-electron chi connectivity index (χ3n) is 5.26. The molecule has 1 aliphatic heterocycles. The molecule has 0 bridgehead atoms. The van der Waals surface area contributed by atoms with Crippen LogP contribution in [0.5, 0.6) is 0 Å². The van der Waals surface area contributed by atoms with Gasteiger partial charge in [-0.15, -0.1) is 0 Å². The topological polar surface area (TPSA) is 9.23 Å². The van der Waals surface area contributed by atoms with E-state index in [1.54, 1.807) is 0 Å². The zero-order valence-corrected chi connectivity index (χ0v) is 14.0. The molecule has 0 aromatic heterocycles. The third kappa shape index (κ3) is 2.10. The van der Waals surface area contributed by atoms with Crippen molar-refractivity contribution in [2.45, 2.75) is 18.9 Å². The smallest absolute Gasteiger partial charge is 0.259 e. The Kier molecular flexibility index (Phi) is 3.51. The largest absolute Gasteiger partial charge is 0.407 e. The molecule has 0 saturated carbocycles. The normalized spacial score (nSPS) is 29.2. The van der Waals surface area contributed by atoms with Crippen LogP contribution >= 0.6 is 0 Å². The Balaban J connectivity index is 1.89. The van der Waals surface area contributed by atoms with Gasteiger partial charge in [-0.3, -0.25) is 0 Å². The molecule has 0 N–H and O–H groups in total. The van der Waals surface area contributed by atoms with Gasteiger partial charge >= 0.3 is 0 Å². The van der Waals surface area contributed by atoms with Crippen molar-refractivity contribution in [2.24, 2.45) is 11.8 Å². The second kappa shape index (κ2) is 5.53. The molecule has 0 unspecified atom stereocenters. The Labute approximate surface area is 133 Å². The van der Waals surface area contributed by atoms with Crippen LogP contribution in [0.2, 0.25) is 5.54 Å². The lowest BCUT2D eigenvalue weighted by atomic mass is 9.89. The third-order valence-corrected chi connectivity index (χ3v) is 9.97. The molecule has 2 aliphatic rings. The van der Waals surface area contributed by atoms with Crippen LogP contribution in [0.1, 0.15) is 13.3 Å². The van der Waals surface area contributed by atoms with Crippen LogP contribution in [-0.2, 0) is 4.43 Å². The number of hydrogen-bond donors (Lipinski definition) is 0. The highest BCUT2D eigenvalue weighted by Gasteiger charge is 2.55. The van der Waals surface area contributed by atoms with E-state index in [-0.39, 0.29) is 0 Å². The van der Waals surface area contributed by atoms with E-state index in [9.17, 15) is 0 Å². The molecule has 1 nitrogen and oxygen atoms in total. The van der Waals surface area contributed by atoms with Gasteiger partial charge in [0, 0.05) is 12.5 Å². The summed E-state index contributed by atoms with van der Waals surface area (Å²) in [5, 5.41) is 2.85. The molecule has 1 fully saturated rings. The second-order valence-electron chi connectivity index (χ2n) is 6.65. The molecule has 4 rings (SSSR count). The van der Waals surface area contributed by atoms with Gasteiger partial charge in [0.05, 0.1) is 0 Å². The molecule has 2 aromatic rings. The summed E-state index contributed by atoms with van der Waals surface area (Å²) < 4.78 is 6.70.